The van der Waals surface area contributed by atoms with Crippen molar-refractivity contribution >= 4 is 29.2 Å². The van der Waals surface area contributed by atoms with Crippen molar-refractivity contribution in [1.82, 2.24) is 5.32 Å². The Bertz CT molecular complexity index is 1070. The molecule has 1 heterocycles. The molecule has 0 unspecified atom stereocenters. The maximum absolute atomic E-state index is 13.2. The molecule has 0 aromatic heterocycles. The molecule has 2 fully saturated rings. The Morgan fingerprint density at radius 2 is 2.00 bits per heavy atom. The average Bonchev–Trinajstić information content (AvgIpc) is 3.55. The van der Waals surface area contributed by atoms with Crippen LogP contribution in [0.15, 0.2) is 87.0 Å². The summed E-state index contributed by atoms with van der Waals surface area (Å²) in [5.74, 6) is -0.662. The summed E-state index contributed by atoms with van der Waals surface area (Å²) in [6, 6.07) is 6.04. The Labute approximate surface area is 180 Å². The third-order valence-corrected chi connectivity index (χ3v) is 4.65. The molecule has 0 atom stereocenters. The summed E-state index contributed by atoms with van der Waals surface area (Å²) in [6.07, 6.45) is 5.22. The van der Waals surface area contributed by atoms with Gasteiger partial charge in [0.2, 0.25) is 5.96 Å². The quantitative estimate of drug-likeness (QED) is 0.391. The van der Waals surface area contributed by atoms with Gasteiger partial charge in [0.1, 0.15) is 11.5 Å². The van der Waals surface area contributed by atoms with Crippen LogP contribution in [0.3, 0.4) is 0 Å². The van der Waals surface area contributed by atoms with Crippen molar-refractivity contribution in [1.29, 1.82) is 0 Å². The summed E-state index contributed by atoms with van der Waals surface area (Å²) in [5.41, 5.74) is 2.87. The highest BCUT2D eigenvalue weighted by Crippen LogP contribution is 2.28. The second-order valence-corrected chi connectivity index (χ2v) is 7.04. The van der Waals surface area contributed by atoms with Gasteiger partial charge in [-0.15, -0.1) is 0 Å². The van der Waals surface area contributed by atoms with E-state index in [-0.39, 0.29) is 17.4 Å². The third kappa shape index (κ3) is 5.42. The van der Waals surface area contributed by atoms with E-state index in [0.717, 1.165) is 12.8 Å². The van der Waals surface area contributed by atoms with Gasteiger partial charge in [-0.25, -0.2) is 14.2 Å². The van der Waals surface area contributed by atoms with E-state index in [4.69, 9.17) is 4.99 Å². The molecule has 0 spiro atoms. The molecule has 3 rings (SSSR count). The summed E-state index contributed by atoms with van der Waals surface area (Å²) in [4.78, 5) is 24.7. The first-order chi connectivity index (χ1) is 14.8. The van der Waals surface area contributed by atoms with Gasteiger partial charge in [-0.2, -0.15) is 0 Å². The smallest absolute Gasteiger partial charge is 0.335 e. The number of nitrogens with one attached hydrogen (secondary N) is 2. The zero-order chi connectivity index (χ0) is 22.5. The van der Waals surface area contributed by atoms with Crippen LogP contribution in [0.25, 0.3) is 0 Å². The lowest BCUT2D eigenvalue weighted by molar-refractivity contribution is -0.132. The molecule has 7 nitrogen and oxygen atoms in total. The van der Waals surface area contributed by atoms with Crippen LogP contribution >= 0.6 is 0 Å². The first-order valence-electron chi connectivity index (χ1n) is 9.75. The van der Waals surface area contributed by atoms with E-state index in [2.05, 4.69) is 33.8 Å². The number of amidine groups is 1. The van der Waals surface area contributed by atoms with E-state index in [1.165, 1.54) is 18.2 Å². The minimum Gasteiger partial charge on any atom is -0.478 e. The van der Waals surface area contributed by atoms with Crippen LogP contribution in [-0.2, 0) is 4.79 Å². The maximum Gasteiger partial charge on any atom is 0.335 e. The lowest BCUT2D eigenvalue weighted by atomic mass is 9.93. The van der Waals surface area contributed by atoms with Crippen LogP contribution in [0.1, 0.15) is 19.8 Å². The average molecular weight is 421 g/mol. The molecule has 8 heteroatoms. The van der Waals surface area contributed by atoms with E-state index in [1.807, 2.05) is 13.0 Å². The third-order valence-electron chi connectivity index (χ3n) is 4.65. The highest BCUT2D eigenvalue weighted by Gasteiger charge is 2.30. The molecule has 1 aromatic carbocycles. The van der Waals surface area contributed by atoms with Gasteiger partial charge in [-0.05, 0) is 50.1 Å². The molecule has 1 aromatic rings. The van der Waals surface area contributed by atoms with Crippen LogP contribution in [0.2, 0.25) is 0 Å². The van der Waals surface area contributed by atoms with Crippen LogP contribution in [0, 0.1) is 5.82 Å². The molecule has 1 saturated carbocycles. The van der Waals surface area contributed by atoms with E-state index < -0.39 is 5.97 Å². The minimum absolute atomic E-state index is 0.0606. The number of hydrogen-bond donors (Lipinski definition) is 3. The van der Waals surface area contributed by atoms with Gasteiger partial charge in [0.25, 0.3) is 0 Å². The number of anilines is 1. The summed E-state index contributed by atoms with van der Waals surface area (Å²) < 4.78 is 13.2. The van der Waals surface area contributed by atoms with Crippen molar-refractivity contribution < 1.29 is 14.3 Å². The van der Waals surface area contributed by atoms with Crippen LogP contribution in [-0.4, -0.2) is 41.7 Å². The molecule has 1 aliphatic carbocycles. The summed E-state index contributed by atoms with van der Waals surface area (Å²) in [5, 5.41) is 15.4. The molecule has 0 radical (unpaired) electrons. The van der Waals surface area contributed by atoms with Crippen molar-refractivity contribution in [3.8, 4) is 0 Å². The summed E-state index contributed by atoms with van der Waals surface area (Å²) in [7, 11) is 1.59. The normalized spacial score (nSPS) is 22.2. The number of carboxylic acid groups (broad SMARTS) is 1. The van der Waals surface area contributed by atoms with E-state index in [9.17, 15) is 14.3 Å². The fourth-order valence-corrected chi connectivity index (χ4v) is 2.87. The van der Waals surface area contributed by atoms with Crippen molar-refractivity contribution in [2.45, 2.75) is 25.8 Å². The monoisotopic (exact) mass is 421 g/mol. The Morgan fingerprint density at radius 1 is 1.32 bits per heavy atom. The molecule has 0 amide bonds. The molecule has 31 heavy (non-hydrogen) atoms. The standard InChI is InChI=1S/C23H24FN5O2/c1-5-18-14(3)20(29-23(25-4)27-17-8-6-15(24)7-9-17)21(26-16-10-11-16)28-19(18)12-13(2)22(30)31/h5-9,12,16H,2-3,10-11H2,1,4H3,(H,25,27)(H,26,28)(H,30,31)/b18-5-,19-12+,29-20?. The maximum atomic E-state index is 13.2. The summed E-state index contributed by atoms with van der Waals surface area (Å²) in [6.45, 7) is 9.56. The Balaban J connectivity index is 1.99. The molecule has 1 saturated heterocycles. The fraction of sp³-hybridized carbons (Fsp3) is 0.217. The highest BCUT2D eigenvalue weighted by molar-refractivity contribution is 6.51. The van der Waals surface area contributed by atoms with E-state index >= 15 is 0 Å². The lowest BCUT2D eigenvalue weighted by Crippen LogP contribution is -2.40. The molecule has 160 valence electrons. The van der Waals surface area contributed by atoms with Crippen LogP contribution in [0.5, 0.6) is 0 Å². The number of nitrogens with zero attached hydrogens (tertiary/aromatic N) is 3. The zero-order valence-corrected chi connectivity index (χ0v) is 17.4. The van der Waals surface area contributed by atoms with Gasteiger partial charge in [-0.1, -0.05) is 19.2 Å². The Kier molecular flexibility index (Phi) is 6.59. The second kappa shape index (κ2) is 9.34. The Hall–Kier alpha value is -3.81. The first kappa shape index (κ1) is 21.9. The van der Waals surface area contributed by atoms with Gasteiger partial charge in [0.15, 0.2) is 5.84 Å². The molecule has 0 bridgehead atoms. The zero-order valence-electron chi connectivity index (χ0n) is 17.4. The van der Waals surface area contributed by atoms with Gasteiger partial charge < -0.3 is 15.7 Å². The number of piperidine rings is 1. The largest absolute Gasteiger partial charge is 0.478 e. The number of rotatable bonds is 4. The van der Waals surface area contributed by atoms with Gasteiger partial charge in [0.05, 0.1) is 11.6 Å². The Morgan fingerprint density at radius 3 is 2.55 bits per heavy atom. The van der Waals surface area contributed by atoms with Gasteiger partial charge in [-0.3, -0.25) is 9.98 Å². The van der Waals surface area contributed by atoms with Crippen molar-refractivity contribution in [3.05, 3.63) is 77.8 Å². The topological polar surface area (TPSA) is 98.4 Å². The number of aliphatic imine (C=N–C) groups is 3. The molecule has 2 aliphatic rings. The minimum atomic E-state index is -1.11. The van der Waals surface area contributed by atoms with E-state index in [1.54, 1.807) is 19.2 Å². The van der Waals surface area contributed by atoms with Crippen LogP contribution < -0.4 is 10.6 Å². The van der Waals surface area contributed by atoms with Gasteiger partial charge in [0, 0.05) is 29.6 Å². The number of guanidine groups is 1. The fourth-order valence-electron chi connectivity index (χ4n) is 2.87. The highest BCUT2D eigenvalue weighted by atomic mass is 19.1. The number of carbonyl (C=O) groups is 1. The number of hydrogen-bond acceptors (Lipinski definition) is 3. The summed E-state index contributed by atoms with van der Waals surface area (Å²) >= 11 is 0. The second-order valence-electron chi connectivity index (χ2n) is 7.04. The predicted octanol–water partition coefficient (Wildman–Crippen LogP) is 3.86. The predicted molar refractivity (Wildman–Crippen MR) is 122 cm³/mol. The molecular formula is C23H24FN5O2. The number of aliphatic carboxylic acids is 1. The van der Waals surface area contributed by atoms with Crippen molar-refractivity contribution in [2.24, 2.45) is 15.0 Å². The van der Waals surface area contributed by atoms with Crippen molar-refractivity contribution in [2.75, 3.05) is 12.4 Å². The SMILES string of the molecule is C=C(/C=C1/NC(=NC2CC2)C(=NC(=NC)Nc2ccc(F)cc2)C(=C)/C1=C/C)C(=O)O. The molecular weight excluding hydrogens is 397 g/mol. The molecule has 3 N–H and O–H groups in total. The van der Waals surface area contributed by atoms with Crippen LogP contribution in [0.4, 0.5) is 10.1 Å². The number of halogens is 1. The number of benzene rings is 1. The first-order valence-corrected chi connectivity index (χ1v) is 9.75. The van der Waals surface area contributed by atoms with Crippen molar-refractivity contribution in [3.63, 3.8) is 0 Å². The van der Waals surface area contributed by atoms with E-state index in [0.29, 0.717) is 40.0 Å². The number of carboxylic acids is 1. The lowest BCUT2D eigenvalue weighted by Gasteiger charge is -2.26. The van der Waals surface area contributed by atoms with Gasteiger partial charge >= 0.3 is 5.97 Å². The number of allylic oxidation sites excluding steroid dienone is 2. The molecule has 1 aliphatic heterocycles.